The zero-order valence-corrected chi connectivity index (χ0v) is 15.1. The number of carbonyl (C=O) groups excluding carboxylic acids is 2. The van der Waals surface area contributed by atoms with Crippen molar-refractivity contribution < 1.29 is 14.5 Å². The third kappa shape index (κ3) is 3.41. The van der Waals surface area contributed by atoms with E-state index in [2.05, 4.69) is 4.99 Å². The van der Waals surface area contributed by atoms with Crippen molar-refractivity contribution in [2.24, 2.45) is 4.99 Å². The van der Waals surface area contributed by atoms with Crippen LogP contribution in [0.5, 0.6) is 0 Å². The van der Waals surface area contributed by atoms with E-state index in [1.807, 2.05) is 18.2 Å². The second-order valence-electron chi connectivity index (χ2n) is 6.44. The van der Waals surface area contributed by atoms with Crippen LogP contribution in [0, 0.1) is 10.1 Å². The van der Waals surface area contributed by atoms with Crippen LogP contribution in [0.25, 0.3) is 0 Å². The number of benzene rings is 3. The van der Waals surface area contributed by atoms with E-state index >= 15 is 0 Å². The predicted octanol–water partition coefficient (Wildman–Crippen LogP) is 4.01. The Balaban J connectivity index is 1.71. The van der Waals surface area contributed by atoms with Gasteiger partial charge in [-0.3, -0.25) is 24.7 Å². The van der Waals surface area contributed by atoms with Gasteiger partial charge in [-0.15, -0.1) is 0 Å². The summed E-state index contributed by atoms with van der Waals surface area (Å²) in [7, 11) is 0. The highest BCUT2D eigenvalue weighted by molar-refractivity contribution is 6.21. The predicted molar refractivity (Wildman–Crippen MR) is 107 cm³/mol. The van der Waals surface area contributed by atoms with Crippen LogP contribution in [0.3, 0.4) is 0 Å². The molecule has 3 aromatic carbocycles. The first-order valence-electron chi connectivity index (χ1n) is 8.86. The van der Waals surface area contributed by atoms with E-state index in [-0.39, 0.29) is 5.69 Å². The van der Waals surface area contributed by atoms with Crippen LogP contribution in [0.1, 0.15) is 38.0 Å². The summed E-state index contributed by atoms with van der Waals surface area (Å²) in [5, 5.41) is 10.8. The summed E-state index contributed by atoms with van der Waals surface area (Å²) in [6.45, 7) is 0. The smallest absolute Gasteiger partial charge is 0.268 e. The van der Waals surface area contributed by atoms with E-state index in [0.717, 1.165) is 4.90 Å². The Kier molecular flexibility index (Phi) is 4.70. The maximum Gasteiger partial charge on any atom is 0.269 e. The van der Waals surface area contributed by atoms with E-state index in [0.29, 0.717) is 22.3 Å². The molecule has 7 heteroatoms. The van der Waals surface area contributed by atoms with Crippen LogP contribution in [0.15, 0.2) is 83.9 Å². The SMILES string of the molecule is O=C1c2ccccc2C(=O)N1C(/N=C/c1ccc([N+](=O)[O-])cc1)c1ccccc1. The van der Waals surface area contributed by atoms with Crippen molar-refractivity contribution in [2.45, 2.75) is 6.17 Å². The molecule has 1 aliphatic heterocycles. The summed E-state index contributed by atoms with van der Waals surface area (Å²) < 4.78 is 0. The lowest BCUT2D eigenvalue weighted by Crippen LogP contribution is -2.33. The second-order valence-corrected chi connectivity index (χ2v) is 6.44. The maximum absolute atomic E-state index is 12.9. The lowest BCUT2D eigenvalue weighted by molar-refractivity contribution is -0.384. The first kappa shape index (κ1) is 18.2. The number of hydrogen-bond donors (Lipinski definition) is 0. The van der Waals surface area contributed by atoms with Crippen molar-refractivity contribution >= 4 is 23.7 Å². The van der Waals surface area contributed by atoms with Crippen LogP contribution in [0.2, 0.25) is 0 Å². The number of nitro benzene ring substituents is 1. The van der Waals surface area contributed by atoms with Crippen LogP contribution < -0.4 is 0 Å². The first-order valence-corrected chi connectivity index (χ1v) is 8.86. The quantitative estimate of drug-likeness (QED) is 0.287. The molecule has 0 saturated heterocycles. The molecule has 3 aromatic rings. The van der Waals surface area contributed by atoms with E-state index in [1.165, 1.54) is 18.3 Å². The Labute approximate surface area is 166 Å². The normalized spacial score (nSPS) is 14.3. The first-order chi connectivity index (χ1) is 14.1. The molecule has 0 saturated carbocycles. The molecule has 0 aliphatic carbocycles. The van der Waals surface area contributed by atoms with Crippen LogP contribution in [0.4, 0.5) is 5.69 Å². The fourth-order valence-corrected chi connectivity index (χ4v) is 3.20. The average Bonchev–Trinajstić information content (AvgIpc) is 3.00. The fraction of sp³-hybridized carbons (Fsp3) is 0.0455. The largest absolute Gasteiger partial charge is 0.269 e. The molecule has 0 aromatic heterocycles. The molecule has 0 N–H and O–H groups in total. The molecule has 4 rings (SSSR count). The number of nitro groups is 1. The fourth-order valence-electron chi connectivity index (χ4n) is 3.20. The topological polar surface area (TPSA) is 92.9 Å². The zero-order chi connectivity index (χ0) is 20.4. The highest BCUT2D eigenvalue weighted by Gasteiger charge is 2.40. The standard InChI is InChI=1S/C22H15N3O4/c26-21-18-8-4-5-9-19(18)22(27)24(21)20(16-6-2-1-3-7-16)23-14-15-10-12-17(13-11-15)25(28)29/h1-14,20H/b23-14+. The molecule has 142 valence electrons. The minimum Gasteiger partial charge on any atom is -0.268 e. The number of nitrogens with zero attached hydrogens (tertiary/aromatic N) is 3. The van der Waals surface area contributed by atoms with Crippen molar-refractivity contribution in [3.63, 3.8) is 0 Å². The molecule has 0 radical (unpaired) electrons. The summed E-state index contributed by atoms with van der Waals surface area (Å²) in [6.07, 6.45) is 0.657. The van der Waals surface area contributed by atoms with Crippen molar-refractivity contribution in [1.29, 1.82) is 0 Å². The number of imide groups is 1. The van der Waals surface area contributed by atoms with Gasteiger partial charge in [0, 0.05) is 18.3 Å². The number of fused-ring (bicyclic) bond motifs is 1. The molecule has 1 atom stereocenters. The Morgan fingerprint density at radius 2 is 1.38 bits per heavy atom. The van der Waals surface area contributed by atoms with Gasteiger partial charge in [0.1, 0.15) is 0 Å². The Bertz CT molecular complexity index is 1090. The maximum atomic E-state index is 12.9. The van der Waals surface area contributed by atoms with Gasteiger partial charge in [-0.25, -0.2) is 4.90 Å². The Hall–Kier alpha value is -4.13. The summed E-state index contributed by atoms with van der Waals surface area (Å²) in [5.74, 6) is -0.805. The van der Waals surface area contributed by atoms with Crippen LogP contribution >= 0.6 is 0 Å². The van der Waals surface area contributed by atoms with E-state index in [1.54, 1.807) is 48.5 Å². The van der Waals surface area contributed by atoms with Gasteiger partial charge in [0.25, 0.3) is 17.5 Å². The van der Waals surface area contributed by atoms with Gasteiger partial charge in [-0.1, -0.05) is 42.5 Å². The van der Waals surface area contributed by atoms with Gasteiger partial charge < -0.3 is 0 Å². The number of amides is 2. The summed E-state index contributed by atoms with van der Waals surface area (Å²) >= 11 is 0. The monoisotopic (exact) mass is 385 g/mol. The molecule has 29 heavy (non-hydrogen) atoms. The molecule has 1 heterocycles. The van der Waals surface area contributed by atoms with Crippen molar-refractivity contribution in [1.82, 2.24) is 4.90 Å². The van der Waals surface area contributed by atoms with Crippen molar-refractivity contribution in [2.75, 3.05) is 0 Å². The summed E-state index contributed by atoms with van der Waals surface area (Å²) in [4.78, 5) is 41.8. The minimum atomic E-state index is -0.848. The van der Waals surface area contributed by atoms with Crippen molar-refractivity contribution in [3.05, 3.63) is 111 Å². The highest BCUT2D eigenvalue weighted by atomic mass is 16.6. The van der Waals surface area contributed by atoms with Gasteiger partial charge in [0.15, 0.2) is 6.17 Å². The number of rotatable bonds is 5. The van der Waals surface area contributed by atoms with E-state index in [9.17, 15) is 19.7 Å². The number of hydrogen-bond acceptors (Lipinski definition) is 5. The third-order valence-corrected chi connectivity index (χ3v) is 4.64. The van der Waals surface area contributed by atoms with Gasteiger partial charge in [-0.05, 0) is 35.4 Å². The molecule has 0 bridgehead atoms. The average molecular weight is 385 g/mol. The molecular weight excluding hydrogens is 370 g/mol. The molecule has 0 fully saturated rings. The molecule has 7 nitrogen and oxygen atoms in total. The zero-order valence-electron chi connectivity index (χ0n) is 15.1. The minimum absolute atomic E-state index is 0.0258. The van der Waals surface area contributed by atoms with Crippen LogP contribution in [-0.4, -0.2) is 27.9 Å². The number of carbonyl (C=O) groups is 2. The van der Waals surface area contributed by atoms with Gasteiger partial charge in [0.05, 0.1) is 16.1 Å². The third-order valence-electron chi connectivity index (χ3n) is 4.64. The van der Waals surface area contributed by atoms with Gasteiger partial charge >= 0.3 is 0 Å². The molecule has 0 spiro atoms. The summed E-state index contributed by atoms with van der Waals surface area (Å²) in [5.41, 5.74) is 1.98. The van der Waals surface area contributed by atoms with Crippen molar-refractivity contribution in [3.8, 4) is 0 Å². The van der Waals surface area contributed by atoms with Gasteiger partial charge in [-0.2, -0.15) is 0 Å². The molecule has 1 aliphatic rings. The number of aliphatic imine (C=N–C) groups is 1. The molecular formula is C22H15N3O4. The van der Waals surface area contributed by atoms with E-state index in [4.69, 9.17) is 0 Å². The second kappa shape index (κ2) is 7.47. The molecule has 1 unspecified atom stereocenters. The molecule has 2 amide bonds. The summed E-state index contributed by atoms with van der Waals surface area (Å²) in [6, 6.07) is 21.6. The Morgan fingerprint density at radius 1 is 0.828 bits per heavy atom. The van der Waals surface area contributed by atoms with Crippen LogP contribution in [-0.2, 0) is 0 Å². The van der Waals surface area contributed by atoms with E-state index < -0.39 is 22.9 Å². The Morgan fingerprint density at radius 3 is 1.93 bits per heavy atom. The van der Waals surface area contributed by atoms with Gasteiger partial charge in [0.2, 0.25) is 0 Å². The lowest BCUT2D eigenvalue weighted by Gasteiger charge is -2.23. The highest BCUT2D eigenvalue weighted by Crippen LogP contribution is 2.32. The number of non-ortho nitro benzene ring substituents is 1. The lowest BCUT2D eigenvalue weighted by atomic mass is 10.1.